The van der Waals surface area contributed by atoms with Crippen molar-refractivity contribution in [2.45, 2.75) is 25.5 Å². The Morgan fingerprint density at radius 1 is 1.05 bits per heavy atom. The van der Waals surface area contributed by atoms with Crippen LogP contribution < -0.4 is 0 Å². The maximum absolute atomic E-state index is 10.6. The first kappa shape index (κ1) is 14.5. The Balaban J connectivity index is 1.87. The molecule has 0 aliphatic heterocycles. The number of hydrogen-bond donors (Lipinski definition) is 2. The van der Waals surface area contributed by atoms with Gasteiger partial charge in [-0.1, -0.05) is 48.5 Å². The molecule has 3 rings (SSSR count). The first-order chi connectivity index (χ1) is 10.6. The Kier molecular flexibility index (Phi) is 3.82. The molecule has 0 saturated heterocycles. The van der Waals surface area contributed by atoms with Gasteiger partial charge in [0.05, 0.1) is 5.54 Å². The summed E-state index contributed by atoms with van der Waals surface area (Å²) in [6.45, 7) is 3.88. The summed E-state index contributed by atoms with van der Waals surface area (Å²) in [6, 6.07) is 17.8. The summed E-state index contributed by atoms with van der Waals surface area (Å²) in [6.07, 6.45) is 3.14. The molecular weight excluding hydrogens is 272 g/mol. The second-order valence-corrected chi connectivity index (χ2v) is 6.01. The van der Waals surface area contributed by atoms with Crippen molar-refractivity contribution in [2.24, 2.45) is 4.99 Å². The van der Waals surface area contributed by atoms with Crippen LogP contribution in [0.1, 0.15) is 31.1 Å². The Bertz CT molecular complexity index is 787. The van der Waals surface area contributed by atoms with Crippen molar-refractivity contribution in [3.63, 3.8) is 0 Å². The van der Waals surface area contributed by atoms with Crippen LogP contribution in [-0.4, -0.2) is 21.8 Å². The molecular formula is C19H20N2O. The van der Waals surface area contributed by atoms with Crippen LogP contribution in [0.15, 0.2) is 65.8 Å². The summed E-state index contributed by atoms with van der Waals surface area (Å²) in [4.78, 5) is 7.86. The molecule has 0 spiro atoms. The number of para-hydroxylation sites is 1. The van der Waals surface area contributed by atoms with Gasteiger partial charge in [-0.2, -0.15) is 0 Å². The van der Waals surface area contributed by atoms with Gasteiger partial charge in [-0.25, -0.2) is 0 Å². The molecule has 0 amide bonds. The minimum Gasteiger partial charge on any atom is -0.386 e. The second-order valence-electron chi connectivity index (χ2n) is 6.01. The SMILES string of the molecule is CC(C)(N=Cc1c[nH]c2ccccc12)C(O)c1ccccc1. The zero-order valence-corrected chi connectivity index (χ0v) is 12.8. The summed E-state index contributed by atoms with van der Waals surface area (Å²) >= 11 is 0. The summed E-state index contributed by atoms with van der Waals surface area (Å²) in [7, 11) is 0. The van der Waals surface area contributed by atoms with E-state index < -0.39 is 11.6 Å². The molecule has 0 saturated carbocycles. The van der Waals surface area contributed by atoms with Crippen LogP contribution in [0, 0.1) is 0 Å². The molecule has 3 nitrogen and oxygen atoms in total. The lowest BCUT2D eigenvalue weighted by Gasteiger charge is -2.26. The van der Waals surface area contributed by atoms with Gasteiger partial charge in [0, 0.05) is 28.9 Å². The van der Waals surface area contributed by atoms with Crippen LogP contribution in [0.3, 0.4) is 0 Å². The molecule has 0 bridgehead atoms. The standard InChI is InChI=1S/C19H20N2O/c1-19(2,18(22)14-8-4-3-5-9-14)21-13-15-12-20-17-11-7-6-10-16(15)17/h3-13,18,20,22H,1-2H3. The van der Waals surface area contributed by atoms with Crippen LogP contribution in [-0.2, 0) is 0 Å². The molecule has 2 aromatic carbocycles. The number of aromatic amines is 1. The molecule has 0 aliphatic carbocycles. The van der Waals surface area contributed by atoms with Crippen LogP contribution in [0.2, 0.25) is 0 Å². The minimum absolute atomic E-state index is 0.597. The quantitative estimate of drug-likeness (QED) is 0.699. The maximum Gasteiger partial charge on any atom is 0.104 e. The summed E-state index contributed by atoms with van der Waals surface area (Å²) in [5.41, 5.74) is 2.40. The monoisotopic (exact) mass is 292 g/mol. The number of aliphatic hydroxyl groups is 1. The smallest absolute Gasteiger partial charge is 0.104 e. The molecule has 3 heteroatoms. The van der Waals surface area contributed by atoms with Gasteiger partial charge in [0.2, 0.25) is 0 Å². The van der Waals surface area contributed by atoms with Gasteiger partial charge in [0.15, 0.2) is 0 Å². The largest absolute Gasteiger partial charge is 0.386 e. The number of aliphatic hydroxyl groups excluding tert-OH is 1. The third kappa shape index (κ3) is 2.81. The Morgan fingerprint density at radius 3 is 2.50 bits per heavy atom. The van der Waals surface area contributed by atoms with Crippen molar-refractivity contribution < 1.29 is 5.11 Å². The molecule has 1 aromatic heterocycles. The van der Waals surface area contributed by atoms with Gasteiger partial charge in [0.25, 0.3) is 0 Å². The van der Waals surface area contributed by atoms with E-state index in [-0.39, 0.29) is 0 Å². The van der Waals surface area contributed by atoms with Crippen LogP contribution in [0.5, 0.6) is 0 Å². The normalized spacial score (nSPS) is 13.8. The first-order valence-electron chi connectivity index (χ1n) is 7.42. The third-order valence-electron chi connectivity index (χ3n) is 3.94. The average Bonchev–Trinajstić information content (AvgIpc) is 2.96. The third-order valence-corrected chi connectivity index (χ3v) is 3.94. The van der Waals surface area contributed by atoms with E-state index >= 15 is 0 Å². The number of aromatic nitrogens is 1. The highest BCUT2D eigenvalue weighted by molar-refractivity contribution is 5.99. The van der Waals surface area contributed by atoms with E-state index in [9.17, 15) is 5.11 Å². The van der Waals surface area contributed by atoms with Gasteiger partial charge < -0.3 is 10.1 Å². The number of aliphatic imine (C=N–C) groups is 1. The first-order valence-corrected chi connectivity index (χ1v) is 7.42. The number of nitrogens with zero attached hydrogens (tertiary/aromatic N) is 1. The number of rotatable bonds is 4. The zero-order valence-electron chi connectivity index (χ0n) is 12.8. The average molecular weight is 292 g/mol. The Labute approximate surface area is 130 Å². The van der Waals surface area contributed by atoms with E-state index in [2.05, 4.69) is 16.0 Å². The highest BCUT2D eigenvalue weighted by Gasteiger charge is 2.27. The van der Waals surface area contributed by atoms with Crippen molar-refractivity contribution in [2.75, 3.05) is 0 Å². The topological polar surface area (TPSA) is 48.4 Å². The van der Waals surface area contributed by atoms with E-state index in [1.807, 2.05) is 74.8 Å². The van der Waals surface area contributed by atoms with Crippen molar-refractivity contribution in [1.29, 1.82) is 0 Å². The summed E-state index contributed by atoms with van der Waals surface area (Å²) in [5.74, 6) is 0. The molecule has 1 heterocycles. The fourth-order valence-corrected chi connectivity index (χ4v) is 2.55. The molecule has 0 radical (unpaired) electrons. The van der Waals surface area contributed by atoms with Crippen molar-refractivity contribution in [3.8, 4) is 0 Å². The van der Waals surface area contributed by atoms with E-state index in [0.29, 0.717) is 0 Å². The lowest BCUT2D eigenvalue weighted by atomic mass is 9.92. The highest BCUT2D eigenvalue weighted by Crippen LogP contribution is 2.29. The van der Waals surface area contributed by atoms with Crippen molar-refractivity contribution in [1.82, 2.24) is 4.98 Å². The predicted molar refractivity (Wildman–Crippen MR) is 91.4 cm³/mol. The van der Waals surface area contributed by atoms with E-state index in [4.69, 9.17) is 0 Å². The number of fused-ring (bicyclic) bond motifs is 1. The Morgan fingerprint density at radius 2 is 1.73 bits per heavy atom. The van der Waals surface area contributed by atoms with Crippen LogP contribution in [0.4, 0.5) is 0 Å². The minimum atomic E-state index is -0.643. The fraction of sp³-hybridized carbons (Fsp3) is 0.211. The predicted octanol–water partition coefficient (Wildman–Crippen LogP) is 4.10. The lowest BCUT2D eigenvalue weighted by Crippen LogP contribution is -2.27. The number of H-pyrrole nitrogens is 1. The fourth-order valence-electron chi connectivity index (χ4n) is 2.55. The maximum atomic E-state index is 10.6. The number of benzene rings is 2. The summed E-state index contributed by atoms with van der Waals surface area (Å²) < 4.78 is 0. The van der Waals surface area contributed by atoms with Gasteiger partial charge in [0.1, 0.15) is 6.10 Å². The van der Waals surface area contributed by atoms with Crippen LogP contribution in [0.25, 0.3) is 10.9 Å². The van der Waals surface area contributed by atoms with Gasteiger partial charge >= 0.3 is 0 Å². The van der Waals surface area contributed by atoms with E-state index in [1.54, 1.807) is 0 Å². The zero-order chi connectivity index (χ0) is 15.6. The van der Waals surface area contributed by atoms with E-state index in [0.717, 1.165) is 22.0 Å². The van der Waals surface area contributed by atoms with Crippen molar-refractivity contribution >= 4 is 17.1 Å². The number of hydrogen-bond acceptors (Lipinski definition) is 2. The Hall–Kier alpha value is -2.39. The van der Waals surface area contributed by atoms with E-state index in [1.165, 1.54) is 0 Å². The number of nitrogens with one attached hydrogen (secondary N) is 1. The molecule has 0 fully saturated rings. The highest BCUT2D eigenvalue weighted by atomic mass is 16.3. The molecule has 112 valence electrons. The molecule has 1 atom stereocenters. The lowest BCUT2D eigenvalue weighted by molar-refractivity contribution is 0.106. The molecule has 2 N–H and O–H groups in total. The molecule has 1 unspecified atom stereocenters. The van der Waals surface area contributed by atoms with Crippen molar-refractivity contribution in [3.05, 3.63) is 71.9 Å². The van der Waals surface area contributed by atoms with Gasteiger partial charge in [-0.15, -0.1) is 0 Å². The van der Waals surface area contributed by atoms with Gasteiger partial charge in [-0.3, -0.25) is 4.99 Å². The summed E-state index contributed by atoms with van der Waals surface area (Å²) in [5, 5.41) is 11.7. The molecule has 3 aromatic rings. The van der Waals surface area contributed by atoms with Crippen LogP contribution >= 0.6 is 0 Å². The van der Waals surface area contributed by atoms with Gasteiger partial charge in [-0.05, 0) is 25.5 Å². The second kappa shape index (κ2) is 5.78. The molecule has 22 heavy (non-hydrogen) atoms. The molecule has 0 aliphatic rings.